The zero-order valence-corrected chi connectivity index (χ0v) is 17.1. The predicted octanol–water partition coefficient (Wildman–Crippen LogP) is 7.24. The highest BCUT2D eigenvalue weighted by atomic mass is 16.5. The van der Waals surface area contributed by atoms with Crippen molar-refractivity contribution < 1.29 is 4.74 Å². The maximum absolute atomic E-state index is 6.30. The Labute approximate surface area is 152 Å². The van der Waals surface area contributed by atoms with Gasteiger partial charge in [0.15, 0.2) is 0 Å². The molecule has 2 rings (SSSR count). The normalized spacial score (nSPS) is 37.5. The van der Waals surface area contributed by atoms with E-state index >= 15 is 0 Å². The van der Waals surface area contributed by atoms with Crippen LogP contribution in [0.2, 0.25) is 0 Å². The second-order valence-corrected chi connectivity index (χ2v) is 9.00. The Hall–Kier alpha value is -0.0400. The van der Waals surface area contributed by atoms with Gasteiger partial charge in [-0.05, 0) is 61.7 Å². The van der Waals surface area contributed by atoms with Crippen LogP contribution in [-0.2, 0) is 4.74 Å². The van der Waals surface area contributed by atoms with Crippen LogP contribution in [0.15, 0.2) is 0 Å². The molecule has 0 aromatic heterocycles. The molecule has 0 N–H and O–H groups in total. The lowest BCUT2D eigenvalue weighted by molar-refractivity contribution is -0.0562. The minimum Gasteiger partial charge on any atom is -0.378 e. The van der Waals surface area contributed by atoms with Crippen LogP contribution in [0.4, 0.5) is 0 Å². The van der Waals surface area contributed by atoms with E-state index in [1.807, 2.05) is 0 Å². The molecule has 142 valence electrons. The van der Waals surface area contributed by atoms with Crippen molar-refractivity contribution in [2.75, 3.05) is 6.61 Å². The largest absolute Gasteiger partial charge is 0.378 e. The first-order chi connectivity index (χ1) is 11.7. The highest BCUT2D eigenvalue weighted by Crippen LogP contribution is 2.46. The molecule has 24 heavy (non-hydrogen) atoms. The Kier molecular flexibility index (Phi) is 9.16. The molecular formula is C23H44O. The standard InChI is InChI=1S/C23H44O/c1-5-7-8-9-17-24-23-16-15-22(18(3)19(23)4)21-13-11-20(10-6-2)12-14-21/h18-23H,5-17H2,1-4H3. The third-order valence-electron chi connectivity index (χ3n) is 7.40. The highest BCUT2D eigenvalue weighted by molar-refractivity contribution is 4.89. The van der Waals surface area contributed by atoms with Gasteiger partial charge in [-0.15, -0.1) is 0 Å². The second kappa shape index (κ2) is 10.8. The van der Waals surface area contributed by atoms with Gasteiger partial charge in [0.1, 0.15) is 0 Å². The monoisotopic (exact) mass is 336 g/mol. The van der Waals surface area contributed by atoms with Crippen molar-refractivity contribution in [3.63, 3.8) is 0 Å². The number of ether oxygens (including phenoxy) is 1. The molecular weight excluding hydrogens is 292 g/mol. The van der Waals surface area contributed by atoms with Gasteiger partial charge in [0.2, 0.25) is 0 Å². The molecule has 0 aliphatic heterocycles. The molecule has 0 saturated heterocycles. The average molecular weight is 337 g/mol. The van der Waals surface area contributed by atoms with Crippen LogP contribution in [0.25, 0.3) is 0 Å². The minimum absolute atomic E-state index is 0.536. The maximum atomic E-state index is 6.30. The van der Waals surface area contributed by atoms with E-state index in [1.54, 1.807) is 0 Å². The first kappa shape index (κ1) is 20.3. The molecule has 0 aromatic carbocycles. The maximum Gasteiger partial charge on any atom is 0.0603 e. The van der Waals surface area contributed by atoms with Crippen LogP contribution in [0, 0.1) is 29.6 Å². The van der Waals surface area contributed by atoms with Gasteiger partial charge in [0.25, 0.3) is 0 Å². The van der Waals surface area contributed by atoms with Crippen LogP contribution < -0.4 is 0 Å². The first-order valence-electron chi connectivity index (χ1n) is 11.3. The van der Waals surface area contributed by atoms with E-state index in [9.17, 15) is 0 Å². The molecule has 4 atom stereocenters. The summed E-state index contributed by atoms with van der Waals surface area (Å²) in [6.07, 6.45) is 17.4. The van der Waals surface area contributed by atoms with Gasteiger partial charge < -0.3 is 4.74 Å². The fraction of sp³-hybridized carbons (Fsp3) is 1.00. The minimum atomic E-state index is 0.536. The molecule has 0 aromatic rings. The van der Waals surface area contributed by atoms with Crippen LogP contribution in [-0.4, -0.2) is 12.7 Å². The van der Waals surface area contributed by atoms with Crippen LogP contribution in [0.3, 0.4) is 0 Å². The SMILES string of the molecule is CCCCCCOC1CCC(C2CCC(CCC)CC2)C(C)C1C. The molecule has 1 heteroatoms. The molecule has 2 fully saturated rings. The van der Waals surface area contributed by atoms with Gasteiger partial charge in [0, 0.05) is 6.61 Å². The van der Waals surface area contributed by atoms with Crippen molar-refractivity contribution in [2.24, 2.45) is 29.6 Å². The van der Waals surface area contributed by atoms with Crippen molar-refractivity contribution in [3.8, 4) is 0 Å². The van der Waals surface area contributed by atoms with Gasteiger partial charge in [-0.1, -0.05) is 72.6 Å². The lowest BCUT2D eigenvalue weighted by Gasteiger charge is -2.45. The van der Waals surface area contributed by atoms with Gasteiger partial charge in [0.05, 0.1) is 6.10 Å². The zero-order chi connectivity index (χ0) is 17.4. The molecule has 2 aliphatic carbocycles. The smallest absolute Gasteiger partial charge is 0.0603 e. The fourth-order valence-electron chi connectivity index (χ4n) is 5.59. The summed E-state index contributed by atoms with van der Waals surface area (Å²) >= 11 is 0. The Morgan fingerprint density at radius 2 is 1.50 bits per heavy atom. The first-order valence-corrected chi connectivity index (χ1v) is 11.3. The number of rotatable bonds is 9. The Bertz CT molecular complexity index is 318. The summed E-state index contributed by atoms with van der Waals surface area (Å²) in [7, 11) is 0. The number of hydrogen-bond acceptors (Lipinski definition) is 1. The average Bonchev–Trinajstić information content (AvgIpc) is 2.60. The Morgan fingerprint density at radius 1 is 0.750 bits per heavy atom. The van der Waals surface area contributed by atoms with Crippen LogP contribution in [0.1, 0.15) is 105 Å². The number of unbranched alkanes of at least 4 members (excludes halogenated alkanes) is 3. The summed E-state index contributed by atoms with van der Waals surface area (Å²) in [4.78, 5) is 0. The van der Waals surface area contributed by atoms with Crippen LogP contribution >= 0.6 is 0 Å². The molecule has 1 nitrogen and oxygen atoms in total. The molecule has 0 bridgehead atoms. The van der Waals surface area contributed by atoms with Crippen molar-refractivity contribution in [3.05, 3.63) is 0 Å². The van der Waals surface area contributed by atoms with E-state index in [4.69, 9.17) is 4.74 Å². The lowest BCUT2D eigenvalue weighted by Crippen LogP contribution is -2.40. The highest BCUT2D eigenvalue weighted by Gasteiger charge is 2.39. The van der Waals surface area contributed by atoms with Gasteiger partial charge in [-0.3, -0.25) is 0 Å². The van der Waals surface area contributed by atoms with E-state index in [-0.39, 0.29) is 0 Å². The third kappa shape index (κ3) is 5.75. The van der Waals surface area contributed by atoms with Crippen molar-refractivity contribution in [1.29, 1.82) is 0 Å². The summed E-state index contributed by atoms with van der Waals surface area (Å²) in [6.45, 7) is 10.6. The molecule has 0 radical (unpaired) electrons. The van der Waals surface area contributed by atoms with Gasteiger partial charge in [-0.25, -0.2) is 0 Å². The fourth-order valence-corrected chi connectivity index (χ4v) is 5.59. The molecule has 2 saturated carbocycles. The third-order valence-corrected chi connectivity index (χ3v) is 7.40. The zero-order valence-electron chi connectivity index (χ0n) is 17.1. The summed E-state index contributed by atoms with van der Waals surface area (Å²) in [5.41, 5.74) is 0. The van der Waals surface area contributed by atoms with E-state index in [1.165, 1.54) is 77.0 Å². The van der Waals surface area contributed by atoms with Crippen molar-refractivity contribution >= 4 is 0 Å². The predicted molar refractivity (Wildman–Crippen MR) is 105 cm³/mol. The molecule has 4 unspecified atom stereocenters. The molecule has 0 heterocycles. The lowest BCUT2D eigenvalue weighted by atomic mass is 9.63. The molecule has 0 amide bonds. The number of hydrogen-bond donors (Lipinski definition) is 0. The topological polar surface area (TPSA) is 9.23 Å². The van der Waals surface area contributed by atoms with Crippen LogP contribution in [0.5, 0.6) is 0 Å². The Balaban J connectivity index is 1.72. The summed E-state index contributed by atoms with van der Waals surface area (Å²) in [6, 6.07) is 0. The van der Waals surface area contributed by atoms with Crippen molar-refractivity contribution in [2.45, 2.75) is 111 Å². The van der Waals surface area contributed by atoms with E-state index in [2.05, 4.69) is 27.7 Å². The molecule has 0 spiro atoms. The second-order valence-electron chi connectivity index (χ2n) is 9.00. The summed E-state index contributed by atoms with van der Waals surface area (Å²) in [5.74, 6) is 4.64. The Morgan fingerprint density at radius 3 is 2.17 bits per heavy atom. The quantitative estimate of drug-likeness (QED) is 0.403. The van der Waals surface area contributed by atoms with Crippen molar-refractivity contribution in [1.82, 2.24) is 0 Å². The molecule has 2 aliphatic rings. The summed E-state index contributed by atoms with van der Waals surface area (Å²) < 4.78 is 6.30. The summed E-state index contributed by atoms with van der Waals surface area (Å²) in [5, 5.41) is 0. The van der Waals surface area contributed by atoms with E-state index in [0.29, 0.717) is 6.10 Å². The van der Waals surface area contributed by atoms with Gasteiger partial charge >= 0.3 is 0 Å². The van der Waals surface area contributed by atoms with E-state index < -0.39 is 0 Å². The van der Waals surface area contributed by atoms with E-state index in [0.717, 1.165) is 36.2 Å². The van der Waals surface area contributed by atoms with Gasteiger partial charge in [-0.2, -0.15) is 0 Å².